The van der Waals surface area contributed by atoms with E-state index in [1.165, 1.54) is 17.5 Å². The highest BCUT2D eigenvalue weighted by molar-refractivity contribution is 7.89. The summed E-state index contributed by atoms with van der Waals surface area (Å²) >= 11 is 0. The predicted molar refractivity (Wildman–Crippen MR) is 99.9 cm³/mol. The van der Waals surface area contributed by atoms with Gasteiger partial charge in [0.15, 0.2) is 0 Å². The van der Waals surface area contributed by atoms with Gasteiger partial charge in [-0.2, -0.15) is 4.31 Å². The number of nitrogens with one attached hydrogen (secondary N) is 1. The van der Waals surface area contributed by atoms with Gasteiger partial charge < -0.3 is 14.8 Å². The molecule has 0 saturated carbocycles. The van der Waals surface area contributed by atoms with Crippen LogP contribution in [0.2, 0.25) is 0 Å². The normalized spacial score (nSPS) is 16.9. The Bertz CT molecular complexity index is 714. The average molecular weight is 384 g/mol. The third-order valence-electron chi connectivity index (χ3n) is 4.40. The van der Waals surface area contributed by atoms with E-state index in [2.05, 4.69) is 5.32 Å². The number of hydrogen-bond donors (Lipinski definition) is 1. The van der Waals surface area contributed by atoms with Crippen LogP contribution >= 0.6 is 0 Å². The van der Waals surface area contributed by atoms with Crippen molar-refractivity contribution in [1.82, 2.24) is 4.31 Å². The maximum Gasteiger partial charge on any atom is 0.253 e. The van der Waals surface area contributed by atoms with Crippen molar-refractivity contribution in [3.05, 3.63) is 18.2 Å². The van der Waals surface area contributed by atoms with Crippen molar-refractivity contribution in [3.63, 3.8) is 0 Å². The van der Waals surface area contributed by atoms with E-state index >= 15 is 0 Å². The molecule has 0 radical (unpaired) electrons. The maximum atomic E-state index is 13.0. The zero-order valence-corrected chi connectivity index (χ0v) is 16.5. The molecule has 1 heterocycles. The second-order valence-electron chi connectivity index (χ2n) is 6.17. The number of hydrogen-bond acceptors (Lipinski definition) is 5. The Kier molecular flexibility index (Phi) is 7.43. The number of carbonyl (C=O) groups is 1. The highest BCUT2D eigenvalue weighted by Crippen LogP contribution is 2.31. The molecule has 1 atom stereocenters. The topological polar surface area (TPSA) is 84.9 Å². The molecule has 0 spiro atoms. The predicted octanol–water partition coefficient (Wildman–Crippen LogP) is 2.62. The summed E-state index contributed by atoms with van der Waals surface area (Å²) < 4.78 is 38.1. The minimum Gasteiger partial charge on any atom is -0.495 e. The van der Waals surface area contributed by atoms with E-state index < -0.39 is 16.1 Å². The highest BCUT2D eigenvalue weighted by Gasteiger charge is 2.29. The smallest absolute Gasteiger partial charge is 0.253 e. The molecule has 0 aromatic heterocycles. The first-order valence-electron chi connectivity index (χ1n) is 9.04. The van der Waals surface area contributed by atoms with Crippen molar-refractivity contribution in [3.8, 4) is 5.75 Å². The van der Waals surface area contributed by atoms with Gasteiger partial charge in [0.25, 0.3) is 5.91 Å². The van der Waals surface area contributed by atoms with E-state index in [-0.39, 0.29) is 16.6 Å². The van der Waals surface area contributed by atoms with Gasteiger partial charge >= 0.3 is 0 Å². The van der Waals surface area contributed by atoms with E-state index in [1.807, 2.05) is 13.8 Å². The fourth-order valence-corrected chi connectivity index (χ4v) is 4.70. The Hall–Kier alpha value is -1.64. The van der Waals surface area contributed by atoms with Crippen molar-refractivity contribution in [1.29, 1.82) is 0 Å². The fourth-order valence-electron chi connectivity index (χ4n) is 3.00. The molecule has 1 aromatic rings. The zero-order valence-electron chi connectivity index (χ0n) is 15.7. The number of benzene rings is 1. The summed E-state index contributed by atoms with van der Waals surface area (Å²) in [6, 6.07) is 4.65. The highest BCUT2D eigenvalue weighted by atomic mass is 32.2. The first-order chi connectivity index (χ1) is 12.4. The van der Waals surface area contributed by atoms with Gasteiger partial charge in [0.1, 0.15) is 16.7 Å². The molecule has 7 nitrogen and oxygen atoms in total. The molecule has 146 valence electrons. The van der Waals surface area contributed by atoms with Gasteiger partial charge in [0.2, 0.25) is 10.0 Å². The molecule has 0 bridgehead atoms. The summed E-state index contributed by atoms with van der Waals surface area (Å²) in [4.78, 5) is 12.4. The van der Waals surface area contributed by atoms with Gasteiger partial charge in [-0.15, -0.1) is 0 Å². The lowest BCUT2D eigenvalue weighted by Crippen LogP contribution is -2.36. The standard InChI is InChI=1S/C18H28N2O5S/c1-4-15(25-5-2)18(21)19-14-9-10-16(24-3)17(13-14)26(22,23)20-11-7-6-8-12-20/h9-10,13,15H,4-8,11-12H2,1-3H3,(H,19,21). The third kappa shape index (κ3) is 4.75. The zero-order chi connectivity index (χ0) is 19.2. The number of rotatable bonds is 8. The summed E-state index contributed by atoms with van der Waals surface area (Å²) in [5.41, 5.74) is 0.407. The summed E-state index contributed by atoms with van der Waals surface area (Å²) in [5, 5.41) is 2.74. The van der Waals surface area contributed by atoms with Gasteiger partial charge in [-0.3, -0.25) is 4.79 Å². The van der Waals surface area contributed by atoms with Crippen LogP contribution in [0.5, 0.6) is 5.75 Å². The SMILES string of the molecule is CCOC(CC)C(=O)Nc1ccc(OC)c(S(=O)(=O)N2CCCCC2)c1. The minimum absolute atomic E-state index is 0.0733. The van der Waals surface area contributed by atoms with E-state index in [1.54, 1.807) is 12.1 Å². The van der Waals surface area contributed by atoms with Crippen LogP contribution in [0.1, 0.15) is 39.5 Å². The van der Waals surface area contributed by atoms with Crippen molar-refractivity contribution >= 4 is 21.6 Å². The van der Waals surface area contributed by atoms with E-state index in [4.69, 9.17) is 9.47 Å². The maximum absolute atomic E-state index is 13.0. The quantitative estimate of drug-likeness (QED) is 0.745. The van der Waals surface area contributed by atoms with Crippen LogP contribution < -0.4 is 10.1 Å². The van der Waals surface area contributed by atoms with E-state index in [0.29, 0.717) is 31.8 Å². The average Bonchev–Trinajstić information content (AvgIpc) is 2.66. The molecule has 8 heteroatoms. The molecule has 26 heavy (non-hydrogen) atoms. The van der Waals surface area contributed by atoms with Crippen molar-refractivity contribution in [2.75, 3.05) is 32.1 Å². The first kappa shape index (κ1) is 20.7. The summed E-state index contributed by atoms with van der Waals surface area (Å²) in [6.07, 6.45) is 2.71. The molecule has 1 aromatic carbocycles. The second-order valence-corrected chi connectivity index (χ2v) is 8.08. The minimum atomic E-state index is -3.67. The van der Waals surface area contributed by atoms with E-state index in [9.17, 15) is 13.2 Å². The number of amides is 1. The molecule has 1 fully saturated rings. The molecule has 1 N–H and O–H groups in total. The van der Waals surface area contributed by atoms with Gasteiger partial charge in [-0.1, -0.05) is 13.3 Å². The van der Waals surface area contributed by atoms with Crippen LogP contribution in [0.15, 0.2) is 23.1 Å². The summed E-state index contributed by atoms with van der Waals surface area (Å²) in [6.45, 7) is 5.13. The van der Waals surface area contributed by atoms with Gasteiger partial charge in [0, 0.05) is 25.4 Å². The molecule has 1 aliphatic rings. The molecular weight excluding hydrogens is 356 g/mol. The van der Waals surface area contributed by atoms with Crippen LogP contribution in [0.25, 0.3) is 0 Å². The van der Waals surface area contributed by atoms with Crippen molar-refractivity contribution in [2.24, 2.45) is 0 Å². The largest absolute Gasteiger partial charge is 0.495 e. The lowest BCUT2D eigenvalue weighted by molar-refractivity contribution is -0.127. The van der Waals surface area contributed by atoms with Crippen LogP contribution in [0.3, 0.4) is 0 Å². The fraction of sp³-hybridized carbons (Fsp3) is 0.611. The Balaban J connectivity index is 2.29. The molecular formula is C18H28N2O5S. The van der Waals surface area contributed by atoms with Crippen molar-refractivity contribution < 1.29 is 22.7 Å². The summed E-state index contributed by atoms with van der Waals surface area (Å²) in [5.74, 6) is -0.0220. The molecule has 1 unspecified atom stereocenters. The monoisotopic (exact) mass is 384 g/mol. The Labute approximate surface area is 155 Å². The van der Waals surface area contributed by atoms with Crippen molar-refractivity contribution in [2.45, 2.75) is 50.5 Å². The Morgan fingerprint density at radius 1 is 1.23 bits per heavy atom. The Morgan fingerprint density at radius 2 is 1.92 bits per heavy atom. The van der Waals surface area contributed by atoms with Gasteiger partial charge in [-0.05, 0) is 44.4 Å². The number of piperidine rings is 1. The number of nitrogens with zero attached hydrogens (tertiary/aromatic N) is 1. The Morgan fingerprint density at radius 3 is 2.50 bits per heavy atom. The number of anilines is 1. The number of methoxy groups -OCH3 is 1. The number of carbonyl (C=O) groups excluding carboxylic acids is 1. The van der Waals surface area contributed by atoms with Gasteiger partial charge in [-0.25, -0.2) is 8.42 Å². The second kappa shape index (κ2) is 9.34. The summed E-state index contributed by atoms with van der Waals surface area (Å²) in [7, 11) is -2.24. The lowest BCUT2D eigenvalue weighted by Gasteiger charge is -2.26. The lowest BCUT2D eigenvalue weighted by atomic mass is 10.2. The first-order valence-corrected chi connectivity index (χ1v) is 10.5. The number of ether oxygens (including phenoxy) is 2. The van der Waals surface area contributed by atoms with Crippen LogP contribution in [0.4, 0.5) is 5.69 Å². The van der Waals surface area contributed by atoms with Crippen LogP contribution in [-0.2, 0) is 19.6 Å². The molecule has 2 rings (SSSR count). The van der Waals surface area contributed by atoms with Gasteiger partial charge in [0.05, 0.1) is 7.11 Å². The molecule has 0 aliphatic carbocycles. The van der Waals surface area contributed by atoms with Crippen LogP contribution in [-0.4, -0.2) is 51.5 Å². The molecule has 1 amide bonds. The molecule has 1 saturated heterocycles. The molecule has 1 aliphatic heterocycles. The number of sulfonamides is 1. The third-order valence-corrected chi connectivity index (χ3v) is 6.31. The van der Waals surface area contributed by atoms with E-state index in [0.717, 1.165) is 19.3 Å². The van der Waals surface area contributed by atoms with Crippen LogP contribution in [0, 0.1) is 0 Å².